The van der Waals surface area contributed by atoms with E-state index in [9.17, 15) is 9.59 Å². The first-order chi connectivity index (χ1) is 15.9. The average Bonchev–Trinajstić information content (AvgIpc) is 2.82. The van der Waals surface area contributed by atoms with Gasteiger partial charge in [0.25, 0.3) is 11.8 Å². The number of ether oxygens (including phenoxy) is 1. The Kier molecular flexibility index (Phi) is 8.55. The molecule has 0 bridgehead atoms. The largest absolute Gasteiger partial charge is 0.493 e. The van der Waals surface area contributed by atoms with Crippen molar-refractivity contribution in [1.29, 1.82) is 0 Å². The summed E-state index contributed by atoms with van der Waals surface area (Å²) < 4.78 is 5.63. The van der Waals surface area contributed by atoms with Crippen LogP contribution in [0.25, 0.3) is 0 Å². The molecular formula is C26H27N3O3S. The Morgan fingerprint density at radius 2 is 1.45 bits per heavy atom. The number of benzene rings is 3. The monoisotopic (exact) mass is 461 g/mol. The number of anilines is 1. The molecule has 0 unspecified atom stereocenters. The van der Waals surface area contributed by atoms with E-state index in [-0.39, 0.29) is 16.9 Å². The number of thiocarbonyl (C=S) groups is 1. The molecule has 0 saturated carbocycles. The molecule has 7 heteroatoms. The third-order valence-electron chi connectivity index (χ3n) is 4.63. The summed E-state index contributed by atoms with van der Waals surface area (Å²) in [4.78, 5) is 24.8. The molecule has 33 heavy (non-hydrogen) atoms. The van der Waals surface area contributed by atoms with E-state index in [1.54, 1.807) is 48.5 Å². The van der Waals surface area contributed by atoms with E-state index in [1.807, 2.05) is 30.3 Å². The first kappa shape index (κ1) is 23.9. The van der Waals surface area contributed by atoms with Crippen LogP contribution in [-0.4, -0.2) is 23.5 Å². The molecule has 0 saturated heterocycles. The van der Waals surface area contributed by atoms with Gasteiger partial charge in [-0.15, -0.1) is 0 Å². The van der Waals surface area contributed by atoms with E-state index in [2.05, 4.69) is 29.8 Å². The second-order valence-electron chi connectivity index (χ2n) is 7.88. The molecule has 0 aliphatic carbocycles. The molecule has 0 atom stereocenters. The van der Waals surface area contributed by atoms with Gasteiger partial charge in [-0.25, -0.2) is 0 Å². The Balaban J connectivity index is 1.47. The van der Waals surface area contributed by atoms with Crippen LogP contribution in [0.2, 0.25) is 0 Å². The molecule has 0 fully saturated rings. The lowest BCUT2D eigenvalue weighted by molar-refractivity contribution is 0.0948. The summed E-state index contributed by atoms with van der Waals surface area (Å²) in [6, 6.07) is 23.5. The van der Waals surface area contributed by atoms with E-state index in [0.29, 0.717) is 41.6 Å². The third-order valence-corrected chi connectivity index (χ3v) is 4.83. The van der Waals surface area contributed by atoms with Gasteiger partial charge in [0.1, 0.15) is 5.75 Å². The maximum atomic E-state index is 12.4. The highest BCUT2D eigenvalue weighted by Crippen LogP contribution is 2.14. The zero-order valence-electron chi connectivity index (χ0n) is 18.6. The predicted molar refractivity (Wildman–Crippen MR) is 135 cm³/mol. The van der Waals surface area contributed by atoms with Gasteiger partial charge < -0.3 is 15.4 Å². The predicted octanol–water partition coefficient (Wildman–Crippen LogP) is 4.78. The van der Waals surface area contributed by atoms with Crippen molar-refractivity contribution in [3.05, 3.63) is 95.6 Å². The van der Waals surface area contributed by atoms with Crippen LogP contribution in [-0.2, 0) is 6.54 Å². The molecule has 3 N–H and O–H groups in total. The maximum Gasteiger partial charge on any atom is 0.257 e. The van der Waals surface area contributed by atoms with E-state index >= 15 is 0 Å². The Morgan fingerprint density at radius 3 is 2.09 bits per heavy atom. The normalized spacial score (nSPS) is 10.4. The van der Waals surface area contributed by atoms with Crippen LogP contribution in [0.5, 0.6) is 5.75 Å². The fourth-order valence-electron chi connectivity index (χ4n) is 2.89. The number of nitrogens with one attached hydrogen (secondary N) is 3. The summed E-state index contributed by atoms with van der Waals surface area (Å²) >= 11 is 5.24. The SMILES string of the molecule is CC(C)COc1ccc(C(=O)NC(=S)Nc2ccc(C(=O)NCc3ccccc3)cc2)cc1. The van der Waals surface area contributed by atoms with E-state index < -0.39 is 0 Å². The number of carbonyl (C=O) groups excluding carboxylic acids is 2. The topological polar surface area (TPSA) is 79.5 Å². The summed E-state index contributed by atoms with van der Waals surface area (Å²) in [5.41, 5.74) is 2.70. The van der Waals surface area contributed by atoms with Crippen LogP contribution in [0.15, 0.2) is 78.9 Å². The summed E-state index contributed by atoms with van der Waals surface area (Å²) in [5, 5.41) is 8.66. The van der Waals surface area contributed by atoms with Crippen LogP contribution < -0.4 is 20.7 Å². The number of hydrogen-bond donors (Lipinski definition) is 3. The first-order valence-corrected chi connectivity index (χ1v) is 11.1. The lowest BCUT2D eigenvalue weighted by Gasteiger charge is -2.11. The molecule has 2 amide bonds. The zero-order chi connectivity index (χ0) is 23.6. The first-order valence-electron chi connectivity index (χ1n) is 10.7. The molecule has 6 nitrogen and oxygen atoms in total. The van der Waals surface area contributed by atoms with Crippen LogP contribution in [0.3, 0.4) is 0 Å². The van der Waals surface area contributed by atoms with Crippen LogP contribution >= 0.6 is 12.2 Å². The molecule has 3 aromatic rings. The highest BCUT2D eigenvalue weighted by molar-refractivity contribution is 7.80. The summed E-state index contributed by atoms with van der Waals surface area (Å²) in [5.74, 6) is 0.657. The smallest absolute Gasteiger partial charge is 0.257 e. The molecule has 170 valence electrons. The zero-order valence-corrected chi connectivity index (χ0v) is 19.4. The average molecular weight is 462 g/mol. The molecule has 0 heterocycles. The van der Waals surface area contributed by atoms with Gasteiger partial charge in [-0.1, -0.05) is 44.2 Å². The summed E-state index contributed by atoms with van der Waals surface area (Å²) in [6.07, 6.45) is 0. The minimum atomic E-state index is -0.320. The molecule has 0 aliphatic rings. The fraction of sp³-hybridized carbons (Fsp3) is 0.192. The lowest BCUT2D eigenvalue weighted by atomic mass is 10.1. The number of rotatable bonds is 8. The van der Waals surface area contributed by atoms with E-state index in [0.717, 1.165) is 5.56 Å². The van der Waals surface area contributed by atoms with Gasteiger partial charge >= 0.3 is 0 Å². The highest BCUT2D eigenvalue weighted by Gasteiger charge is 2.10. The highest BCUT2D eigenvalue weighted by atomic mass is 32.1. The minimum absolute atomic E-state index is 0.165. The van der Waals surface area contributed by atoms with Gasteiger partial charge in [-0.05, 0) is 72.2 Å². The minimum Gasteiger partial charge on any atom is -0.493 e. The van der Waals surface area contributed by atoms with Crippen molar-refractivity contribution in [1.82, 2.24) is 10.6 Å². The number of amides is 2. The second kappa shape index (κ2) is 11.8. The molecule has 0 aromatic heterocycles. The molecule has 3 aromatic carbocycles. The number of hydrogen-bond acceptors (Lipinski definition) is 4. The second-order valence-corrected chi connectivity index (χ2v) is 8.29. The third kappa shape index (κ3) is 7.73. The van der Waals surface area contributed by atoms with Gasteiger partial charge in [0, 0.05) is 23.4 Å². The molecule has 0 radical (unpaired) electrons. The quantitative estimate of drug-likeness (QED) is 0.421. The summed E-state index contributed by atoms with van der Waals surface area (Å²) in [6.45, 7) is 5.22. The van der Waals surface area contributed by atoms with Gasteiger partial charge in [0.2, 0.25) is 0 Å². The Labute approximate surface area is 199 Å². The molecular weight excluding hydrogens is 434 g/mol. The van der Waals surface area contributed by atoms with Crippen molar-refractivity contribution >= 4 is 34.8 Å². The van der Waals surface area contributed by atoms with E-state index in [4.69, 9.17) is 17.0 Å². The van der Waals surface area contributed by atoms with Crippen LogP contribution in [0.4, 0.5) is 5.69 Å². The van der Waals surface area contributed by atoms with Gasteiger partial charge in [-0.3, -0.25) is 14.9 Å². The molecule has 0 spiro atoms. The molecule has 3 rings (SSSR count). The van der Waals surface area contributed by atoms with Gasteiger partial charge in [-0.2, -0.15) is 0 Å². The fourth-order valence-corrected chi connectivity index (χ4v) is 3.10. The van der Waals surface area contributed by atoms with Crippen molar-refractivity contribution in [2.75, 3.05) is 11.9 Å². The lowest BCUT2D eigenvalue weighted by Crippen LogP contribution is -2.34. The van der Waals surface area contributed by atoms with E-state index in [1.165, 1.54) is 0 Å². The van der Waals surface area contributed by atoms with Crippen molar-refractivity contribution in [3.63, 3.8) is 0 Å². The standard InChI is InChI=1S/C26H27N3O3S/c1-18(2)17-32-23-14-10-21(11-15-23)25(31)29-26(33)28-22-12-8-20(9-13-22)24(30)27-16-19-6-4-3-5-7-19/h3-15,18H,16-17H2,1-2H3,(H,27,30)(H2,28,29,31,33). The maximum absolute atomic E-state index is 12.4. The van der Waals surface area contributed by atoms with Crippen molar-refractivity contribution in [2.24, 2.45) is 5.92 Å². The Morgan fingerprint density at radius 1 is 0.848 bits per heavy atom. The Hall–Kier alpha value is -3.71. The molecule has 0 aliphatic heterocycles. The van der Waals surface area contributed by atoms with Gasteiger partial charge in [0.15, 0.2) is 5.11 Å². The van der Waals surface area contributed by atoms with Crippen LogP contribution in [0.1, 0.15) is 40.1 Å². The van der Waals surface area contributed by atoms with Crippen molar-refractivity contribution in [3.8, 4) is 5.75 Å². The number of carbonyl (C=O) groups is 2. The van der Waals surface area contributed by atoms with Crippen molar-refractivity contribution in [2.45, 2.75) is 20.4 Å². The summed E-state index contributed by atoms with van der Waals surface area (Å²) in [7, 11) is 0. The van der Waals surface area contributed by atoms with Crippen molar-refractivity contribution < 1.29 is 14.3 Å². The Bertz CT molecular complexity index is 1080. The van der Waals surface area contributed by atoms with Gasteiger partial charge in [0.05, 0.1) is 6.61 Å². The van der Waals surface area contributed by atoms with Crippen LogP contribution in [0, 0.1) is 5.92 Å².